The highest BCUT2D eigenvalue weighted by molar-refractivity contribution is 6.03. The lowest BCUT2D eigenvalue weighted by Gasteiger charge is -2.12. The van der Waals surface area contributed by atoms with E-state index in [1.807, 2.05) is 13.8 Å². The minimum absolute atomic E-state index is 0.0158. The van der Waals surface area contributed by atoms with Crippen LogP contribution in [-0.4, -0.2) is 50.6 Å². The second kappa shape index (κ2) is 6.06. The molecule has 2 saturated heterocycles. The number of benzene rings is 1. The molecule has 0 bridgehead atoms. The van der Waals surface area contributed by atoms with Gasteiger partial charge in [0.2, 0.25) is 0 Å². The number of hydrogen-bond acceptors (Lipinski definition) is 6. The van der Waals surface area contributed by atoms with Crippen molar-refractivity contribution in [2.24, 2.45) is 0 Å². The Labute approximate surface area is 128 Å². The molecule has 2 unspecified atom stereocenters. The molecule has 3 rings (SSSR count). The molecule has 0 amide bonds. The first-order chi connectivity index (χ1) is 10.5. The van der Waals surface area contributed by atoms with Gasteiger partial charge in [-0.25, -0.2) is 9.59 Å². The molecule has 22 heavy (non-hydrogen) atoms. The van der Waals surface area contributed by atoms with E-state index in [2.05, 4.69) is 0 Å². The van der Waals surface area contributed by atoms with E-state index in [9.17, 15) is 9.59 Å². The third kappa shape index (κ3) is 3.64. The van der Waals surface area contributed by atoms with Crippen LogP contribution in [0.1, 0.15) is 31.8 Å². The van der Waals surface area contributed by atoms with Gasteiger partial charge in [-0.3, -0.25) is 0 Å². The van der Waals surface area contributed by atoms with Gasteiger partial charge in [-0.1, -0.05) is 0 Å². The van der Waals surface area contributed by atoms with Crippen LogP contribution in [0.4, 0.5) is 0 Å². The normalized spacial score (nSPS) is 22.1. The van der Waals surface area contributed by atoms with Crippen molar-refractivity contribution >= 4 is 11.9 Å². The number of carbonyl (C=O) groups is 2. The molecule has 6 nitrogen and oxygen atoms in total. The van der Waals surface area contributed by atoms with E-state index in [0.29, 0.717) is 13.2 Å². The Hall–Kier alpha value is -1.92. The monoisotopic (exact) mass is 306 g/mol. The lowest BCUT2D eigenvalue weighted by Crippen LogP contribution is -2.18. The van der Waals surface area contributed by atoms with Crippen LogP contribution in [0.15, 0.2) is 12.1 Å². The largest absolute Gasteiger partial charge is 0.459 e. The number of ether oxygens (including phenoxy) is 4. The van der Waals surface area contributed by atoms with E-state index in [-0.39, 0.29) is 36.5 Å². The molecule has 0 radical (unpaired) electrons. The van der Waals surface area contributed by atoms with Crippen molar-refractivity contribution in [2.75, 3.05) is 26.4 Å². The van der Waals surface area contributed by atoms with E-state index < -0.39 is 11.9 Å². The highest BCUT2D eigenvalue weighted by Gasteiger charge is 2.28. The molecule has 2 atom stereocenters. The van der Waals surface area contributed by atoms with E-state index in [0.717, 1.165) is 11.1 Å². The Kier molecular flexibility index (Phi) is 4.13. The summed E-state index contributed by atoms with van der Waals surface area (Å²) in [6, 6.07) is 3.32. The van der Waals surface area contributed by atoms with Gasteiger partial charge in [-0.05, 0) is 37.1 Å². The smallest absolute Gasteiger partial charge is 0.339 e. The first-order valence-electron chi connectivity index (χ1n) is 7.23. The number of epoxide rings is 2. The standard InChI is InChI=1S/C16H18O6/c1-9-3-13(15(17)21-7-11-5-19-11)14(4-10(9)2)16(18)22-8-12-6-20-12/h3-4,11-12H,5-8H2,1-2H3. The number of hydrogen-bond donors (Lipinski definition) is 0. The van der Waals surface area contributed by atoms with Gasteiger partial charge in [0.25, 0.3) is 0 Å². The lowest BCUT2D eigenvalue weighted by atomic mass is 10.00. The van der Waals surface area contributed by atoms with E-state index in [4.69, 9.17) is 18.9 Å². The molecule has 1 aromatic rings. The molecule has 2 aliphatic rings. The van der Waals surface area contributed by atoms with Crippen LogP contribution in [0.2, 0.25) is 0 Å². The van der Waals surface area contributed by atoms with E-state index >= 15 is 0 Å². The fraction of sp³-hybridized carbons (Fsp3) is 0.500. The maximum absolute atomic E-state index is 12.2. The molecule has 0 saturated carbocycles. The van der Waals surface area contributed by atoms with Gasteiger partial charge in [0.1, 0.15) is 25.4 Å². The quantitative estimate of drug-likeness (QED) is 0.584. The van der Waals surface area contributed by atoms with Gasteiger partial charge in [0.15, 0.2) is 0 Å². The zero-order valence-corrected chi connectivity index (χ0v) is 12.6. The summed E-state index contributed by atoms with van der Waals surface area (Å²) in [6.45, 7) is 5.38. The van der Waals surface area contributed by atoms with Crippen molar-refractivity contribution in [1.29, 1.82) is 0 Å². The predicted molar refractivity (Wildman–Crippen MR) is 76.0 cm³/mol. The lowest BCUT2D eigenvalue weighted by molar-refractivity contribution is 0.0430. The number of aryl methyl sites for hydroxylation is 2. The van der Waals surface area contributed by atoms with Crippen molar-refractivity contribution in [3.8, 4) is 0 Å². The first-order valence-corrected chi connectivity index (χ1v) is 7.23. The molecule has 2 heterocycles. The summed E-state index contributed by atoms with van der Waals surface area (Å²) in [5.74, 6) is -1.07. The second-order valence-corrected chi connectivity index (χ2v) is 5.59. The summed E-state index contributed by atoms with van der Waals surface area (Å²) >= 11 is 0. The summed E-state index contributed by atoms with van der Waals surface area (Å²) in [7, 11) is 0. The minimum atomic E-state index is -0.534. The van der Waals surface area contributed by atoms with Crippen LogP contribution in [0, 0.1) is 13.8 Å². The average Bonchev–Trinajstić information content (AvgIpc) is 3.38. The summed E-state index contributed by atoms with van der Waals surface area (Å²) in [5.41, 5.74) is 2.28. The summed E-state index contributed by atoms with van der Waals surface area (Å²) in [6.07, 6.45) is -0.0316. The molecule has 0 spiro atoms. The summed E-state index contributed by atoms with van der Waals surface area (Å²) in [4.78, 5) is 24.4. The predicted octanol–water partition coefficient (Wildman–Crippen LogP) is 1.41. The van der Waals surface area contributed by atoms with Crippen LogP contribution in [-0.2, 0) is 18.9 Å². The number of rotatable bonds is 6. The Bertz CT molecular complexity index is 548. The van der Waals surface area contributed by atoms with Gasteiger partial charge < -0.3 is 18.9 Å². The third-order valence-corrected chi connectivity index (χ3v) is 3.68. The first kappa shape index (κ1) is 15.0. The number of esters is 2. The molecule has 1 aromatic carbocycles. The average molecular weight is 306 g/mol. The van der Waals surface area contributed by atoms with Crippen LogP contribution in [0.5, 0.6) is 0 Å². The maximum atomic E-state index is 12.2. The molecule has 0 N–H and O–H groups in total. The molecule has 2 aliphatic heterocycles. The SMILES string of the molecule is Cc1cc(C(=O)OCC2CO2)c(C(=O)OCC2CO2)cc1C. The van der Waals surface area contributed by atoms with Crippen LogP contribution < -0.4 is 0 Å². The topological polar surface area (TPSA) is 77.7 Å². The molecule has 0 aliphatic carbocycles. The molecule has 6 heteroatoms. The second-order valence-electron chi connectivity index (χ2n) is 5.59. The van der Waals surface area contributed by atoms with Crippen molar-refractivity contribution in [2.45, 2.75) is 26.1 Å². The Balaban J connectivity index is 1.76. The van der Waals surface area contributed by atoms with E-state index in [1.165, 1.54) is 0 Å². The van der Waals surface area contributed by atoms with Crippen LogP contribution in [0.3, 0.4) is 0 Å². The van der Waals surface area contributed by atoms with Crippen LogP contribution >= 0.6 is 0 Å². The van der Waals surface area contributed by atoms with Gasteiger partial charge in [0.05, 0.1) is 24.3 Å². The minimum Gasteiger partial charge on any atom is -0.459 e. The number of carbonyl (C=O) groups excluding carboxylic acids is 2. The zero-order chi connectivity index (χ0) is 15.7. The molecule has 118 valence electrons. The third-order valence-electron chi connectivity index (χ3n) is 3.68. The highest BCUT2D eigenvalue weighted by Crippen LogP contribution is 2.20. The highest BCUT2D eigenvalue weighted by atomic mass is 16.6. The van der Waals surface area contributed by atoms with Crippen molar-refractivity contribution in [3.63, 3.8) is 0 Å². The van der Waals surface area contributed by atoms with Crippen molar-refractivity contribution in [3.05, 3.63) is 34.4 Å². The Morgan fingerprint density at radius 2 is 1.32 bits per heavy atom. The van der Waals surface area contributed by atoms with Gasteiger partial charge in [-0.2, -0.15) is 0 Å². The van der Waals surface area contributed by atoms with Crippen LogP contribution in [0.25, 0.3) is 0 Å². The Morgan fingerprint density at radius 1 is 0.955 bits per heavy atom. The van der Waals surface area contributed by atoms with Crippen molar-refractivity contribution in [1.82, 2.24) is 0 Å². The van der Waals surface area contributed by atoms with Gasteiger partial charge >= 0.3 is 11.9 Å². The summed E-state index contributed by atoms with van der Waals surface area (Å²) in [5, 5.41) is 0. The van der Waals surface area contributed by atoms with Gasteiger partial charge in [0, 0.05) is 0 Å². The molecular formula is C16H18O6. The Morgan fingerprint density at radius 3 is 1.64 bits per heavy atom. The van der Waals surface area contributed by atoms with Gasteiger partial charge in [-0.15, -0.1) is 0 Å². The molecule has 0 aromatic heterocycles. The van der Waals surface area contributed by atoms with E-state index in [1.54, 1.807) is 12.1 Å². The summed E-state index contributed by atoms with van der Waals surface area (Å²) < 4.78 is 20.4. The molecular weight excluding hydrogens is 288 g/mol. The zero-order valence-electron chi connectivity index (χ0n) is 12.6. The molecule has 2 fully saturated rings. The fourth-order valence-corrected chi connectivity index (χ4v) is 1.98. The fourth-order valence-electron chi connectivity index (χ4n) is 1.98. The van der Waals surface area contributed by atoms with Crippen molar-refractivity contribution < 1.29 is 28.5 Å². The maximum Gasteiger partial charge on any atom is 0.339 e.